The third-order valence-corrected chi connectivity index (χ3v) is 1.85. The van der Waals surface area contributed by atoms with E-state index in [4.69, 9.17) is 5.11 Å². The molecule has 0 aliphatic heterocycles. The highest BCUT2D eigenvalue weighted by Crippen LogP contribution is 2.18. The Morgan fingerprint density at radius 3 is 2.87 bits per heavy atom. The summed E-state index contributed by atoms with van der Waals surface area (Å²) in [5, 5.41) is 8.79. The zero-order valence-corrected chi connectivity index (χ0v) is 8.02. The minimum atomic E-state index is -2.51. The molecule has 1 aromatic heterocycles. The molecule has 0 saturated heterocycles. The lowest BCUT2D eigenvalue weighted by Crippen LogP contribution is -2.25. The van der Waals surface area contributed by atoms with Crippen molar-refractivity contribution < 1.29 is 18.7 Å². The van der Waals surface area contributed by atoms with Gasteiger partial charge in [0.1, 0.15) is 5.56 Å². The standard InChI is InChI=1S/C9H10F2N2O2/c1-13(5-8(10)11)7-2-3-12-4-6(7)9(14)15/h2-4,8H,5H2,1H3,(H,14,15). The van der Waals surface area contributed by atoms with Crippen LogP contribution in [-0.2, 0) is 0 Å². The first-order chi connectivity index (χ1) is 7.02. The SMILES string of the molecule is CN(CC(F)F)c1ccncc1C(=O)O. The second-order valence-corrected chi connectivity index (χ2v) is 2.97. The predicted molar refractivity (Wildman–Crippen MR) is 50.5 cm³/mol. The molecule has 0 aliphatic carbocycles. The monoisotopic (exact) mass is 216 g/mol. The van der Waals surface area contributed by atoms with Gasteiger partial charge in [-0.15, -0.1) is 0 Å². The van der Waals surface area contributed by atoms with Crippen molar-refractivity contribution in [2.45, 2.75) is 6.43 Å². The van der Waals surface area contributed by atoms with Crippen molar-refractivity contribution in [3.05, 3.63) is 24.0 Å². The van der Waals surface area contributed by atoms with E-state index < -0.39 is 18.9 Å². The molecule has 0 amide bonds. The van der Waals surface area contributed by atoms with Gasteiger partial charge in [-0.2, -0.15) is 0 Å². The second kappa shape index (κ2) is 4.68. The summed E-state index contributed by atoms with van der Waals surface area (Å²) >= 11 is 0. The Kier molecular flexibility index (Phi) is 3.54. The normalized spacial score (nSPS) is 10.4. The Labute approximate surface area is 85.2 Å². The minimum Gasteiger partial charge on any atom is -0.478 e. The summed E-state index contributed by atoms with van der Waals surface area (Å²) in [5.41, 5.74) is 0.151. The highest BCUT2D eigenvalue weighted by Gasteiger charge is 2.15. The van der Waals surface area contributed by atoms with Gasteiger partial charge in [0.15, 0.2) is 0 Å². The second-order valence-electron chi connectivity index (χ2n) is 2.97. The van der Waals surface area contributed by atoms with E-state index in [9.17, 15) is 13.6 Å². The van der Waals surface area contributed by atoms with Crippen LogP contribution in [0.15, 0.2) is 18.5 Å². The largest absolute Gasteiger partial charge is 0.478 e. The first-order valence-electron chi connectivity index (χ1n) is 4.19. The first kappa shape index (κ1) is 11.4. The molecule has 0 saturated carbocycles. The van der Waals surface area contributed by atoms with Crippen LogP contribution in [-0.4, -0.2) is 36.1 Å². The lowest BCUT2D eigenvalue weighted by molar-refractivity contribution is 0.0696. The molecule has 1 N–H and O–H groups in total. The van der Waals surface area contributed by atoms with E-state index in [0.717, 1.165) is 6.20 Å². The van der Waals surface area contributed by atoms with Crippen LogP contribution in [0.2, 0.25) is 0 Å². The number of pyridine rings is 1. The lowest BCUT2D eigenvalue weighted by atomic mass is 10.2. The number of alkyl halides is 2. The van der Waals surface area contributed by atoms with E-state index in [2.05, 4.69) is 4.98 Å². The van der Waals surface area contributed by atoms with Crippen LogP contribution >= 0.6 is 0 Å². The quantitative estimate of drug-likeness (QED) is 0.828. The van der Waals surface area contributed by atoms with Crippen molar-refractivity contribution in [2.24, 2.45) is 0 Å². The molecule has 1 rings (SSSR count). The molecule has 1 aromatic rings. The fourth-order valence-electron chi connectivity index (χ4n) is 1.19. The van der Waals surface area contributed by atoms with E-state index in [1.165, 1.54) is 24.2 Å². The van der Waals surface area contributed by atoms with E-state index in [1.54, 1.807) is 0 Å². The van der Waals surface area contributed by atoms with Crippen LogP contribution in [0, 0.1) is 0 Å². The van der Waals surface area contributed by atoms with Gasteiger partial charge in [0, 0.05) is 19.4 Å². The number of nitrogens with zero attached hydrogens (tertiary/aromatic N) is 2. The van der Waals surface area contributed by atoms with Crippen LogP contribution in [0.5, 0.6) is 0 Å². The summed E-state index contributed by atoms with van der Waals surface area (Å²) in [6, 6.07) is 1.39. The maximum Gasteiger partial charge on any atom is 0.339 e. The number of carboxylic acids is 1. The number of rotatable bonds is 4. The molecule has 1 heterocycles. The van der Waals surface area contributed by atoms with Gasteiger partial charge in [0.25, 0.3) is 6.43 Å². The number of carboxylic acid groups (broad SMARTS) is 1. The molecule has 0 radical (unpaired) electrons. The van der Waals surface area contributed by atoms with Crippen molar-refractivity contribution in [3.8, 4) is 0 Å². The molecule has 0 atom stereocenters. The highest BCUT2D eigenvalue weighted by atomic mass is 19.3. The average Bonchev–Trinajstić information content (AvgIpc) is 2.16. The van der Waals surface area contributed by atoms with E-state index in [-0.39, 0.29) is 11.3 Å². The number of aromatic nitrogens is 1. The molecular weight excluding hydrogens is 206 g/mol. The summed E-state index contributed by atoms with van der Waals surface area (Å²) in [7, 11) is 1.41. The molecule has 0 spiro atoms. The number of hydrogen-bond acceptors (Lipinski definition) is 3. The minimum absolute atomic E-state index is 0.0827. The Balaban J connectivity index is 2.97. The van der Waals surface area contributed by atoms with E-state index in [1.807, 2.05) is 0 Å². The fraction of sp³-hybridized carbons (Fsp3) is 0.333. The molecule has 15 heavy (non-hydrogen) atoms. The Morgan fingerprint density at radius 2 is 2.33 bits per heavy atom. The molecule has 0 bridgehead atoms. The summed E-state index contributed by atoms with van der Waals surface area (Å²) in [5.74, 6) is -1.18. The van der Waals surface area contributed by atoms with Gasteiger partial charge in [-0.1, -0.05) is 0 Å². The topological polar surface area (TPSA) is 53.4 Å². The molecular formula is C9H10F2N2O2. The van der Waals surface area contributed by atoms with Gasteiger partial charge in [-0.25, -0.2) is 13.6 Å². The smallest absolute Gasteiger partial charge is 0.339 e. The van der Waals surface area contributed by atoms with Crippen molar-refractivity contribution in [1.82, 2.24) is 4.98 Å². The van der Waals surface area contributed by atoms with Gasteiger partial charge in [0.2, 0.25) is 0 Å². The van der Waals surface area contributed by atoms with E-state index in [0.29, 0.717) is 0 Å². The zero-order valence-electron chi connectivity index (χ0n) is 8.02. The van der Waals surface area contributed by atoms with Gasteiger partial charge in [-0.3, -0.25) is 4.98 Å². The van der Waals surface area contributed by atoms with Crippen LogP contribution in [0.1, 0.15) is 10.4 Å². The maximum atomic E-state index is 12.1. The lowest BCUT2D eigenvalue weighted by Gasteiger charge is -2.19. The van der Waals surface area contributed by atoms with Crippen molar-refractivity contribution >= 4 is 11.7 Å². The van der Waals surface area contributed by atoms with E-state index >= 15 is 0 Å². The van der Waals surface area contributed by atoms with Crippen molar-refractivity contribution in [2.75, 3.05) is 18.5 Å². The number of aromatic carboxylic acids is 1. The van der Waals surface area contributed by atoms with Crippen LogP contribution < -0.4 is 4.90 Å². The summed E-state index contributed by atoms with van der Waals surface area (Å²) in [4.78, 5) is 15.6. The molecule has 4 nitrogen and oxygen atoms in total. The summed E-state index contributed by atoms with van der Waals surface area (Å²) in [6.45, 7) is -0.510. The fourth-order valence-corrected chi connectivity index (χ4v) is 1.19. The highest BCUT2D eigenvalue weighted by molar-refractivity contribution is 5.93. The molecule has 0 aromatic carbocycles. The maximum absolute atomic E-state index is 12.1. The van der Waals surface area contributed by atoms with Gasteiger partial charge >= 0.3 is 5.97 Å². The number of halogens is 2. The molecule has 6 heteroatoms. The molecule has 0 aliphatic rings. The zero-order chi connectivity index (χ0) is 11.4. The van der Waals surface area contributed by atoms with Crippen LogP contribution in [0.4, 0.5) is 14.5 Å². The number of carbonyl (C=O) groups is 1. The van der Waals surface area contributed by atoms with Gasteiger partial charge in [0.05, 0.1) is 12.2 Å². The molecule has 0 unspecified atom stereocenters. The summed E-state index contributed by atoms with van der Waals surface area (Å²) < 4.78 is 24.2. The summed E-state index contributed by atoms with van der Waals surface area (Å²) in [6.07, 6.45) is -0.00608. The van der Waals surface area contributed by atoms with Crippen LogP contribution in [0.3, 0.4) is 0 Å². The van der Waals surface area contributed by atoms with Crippen molar-refractivity contribution in [3.63, 3.8) is 0 Å². The predicted octanol–water partition coefficient (Wildman–Crippen LogP) is 1.48. The van der Waals surface area contributed by atoms with Gasteiger partial charge < -0.3 is 10.0 Å². The number of anilines is 1. The Morgan fingerprint density at radius 1 is 1.67 bits per heavy atom. The Hall–Kier alpha value is -1.72. The molecule has 82 valence electrons. The molecule has 0 fully saturated rings. The number of hydrogen-bond donors (Lipinski definition) is 1. The van der Waals surface area contributed by atoms with Gasteiger partial charge in [-0.05, 0) is 6.07 Å². The average molecular weight is 216 g/mol. The Bertz CT molecular complexity index is 358. The van der Waals surface area contributed by atoms with Crippen molar-refractivity contribution in [1.29, 1.82) is 0 Å². The third kappa shape index (κ3) is 2.87. The van der Waals surface area contributed by atoms with Crippen LogP contribution in [0.25, 0.3) is 0 Å². The first-order valence-corrected chi connectivity index (χ1v) is 4.19. The third-order valence-electron chi connectivity index (χ3n) is 1.85.